The molecule has 0 saturated heterocycles. The number of carbonyl (C=O) groups excluding carboxylic acids is 1. The molecule has 24 heavy (non-hydrogen) atoms. The number of carboxylic acids is 1. The van der Waals surface area contributed by atoms with Crippen molar-refractivity contribution in [2.24, 2.45) is 0 Å². The fourth-order valence-electron chi connectivity index (χ4n) is 2.39. The third-order valence-corrected chi connectivity index (χ3v) is 4.68. The van der Waals surface area contributed by atoms with E-state index in [4.69, 9.17) is 5.11 Å². The van der Waals surface area contributed by atoms with Crippen molar-refractivity contribution in [3.63, 3.8) is 0 Å². The Morgan fingerprint density at radius 2 is 2.04 bits per heavy atom. The van der Waals surface area contributed by atoms with Crippen LogP contribution in [0.3, 0.4) is 0 Å². The number of thiophene rings is 1. The first-order valence-corrected chi connectivity index (χ1v) is 7.83. The Balaban J connectivity index is 1.99. The smallest absolute Gasteiger partial charge is 0.335 e. The van der Waals surface area contributed by atoms with Gasteiger partial charge >= 0.3 is 5.97 Å². The molecule has 0 unspecified atom stereocenters. The van der Waals surface area contributed by atoms with Crippen molar-refractivity contribution in [2.75, 3.05) is 5.32 Å². The Morgan fingerprint density at radius 3 is 2.75 bits per heavy atom. The molecule has 0 bridgehead atoms. The SMILES string of the molecule is Cc1nc2sc(C(=O)Nc3cccc(C(=O)O)c3)c(C)c2c(=O)[nH]1. The minimum Gasteiger partial charge on any atom is -0.478 e. The molecule has 0 radical (unpaired) electrons. The predicted molar refractivity (Wildman–Crippen MR) is 91.1 cm³/mol. The minimum absolute atomic E-state index is 0.0783. The van der Waals surface area contributed by atoms with Crippen LogP contribution in [0.2, 0.25) is 0 Å². The predicted octanol–water partition coefficient (Wildman–Crippen LogP) is 2.55. The lowest BCUT2D eigenvalue weighted by molar-refractivity contribution is 0.0696. The number of amides is 1. The van der Waals surface area contributed by atoms with Gasteiger partial charge in [0.2, 0.25) is 0 Å². The number of aromatic nitrogens is 2. The van der Waals surface area contributed by atoms with Crippen molar-refractivity contribution < 1.29 is 14.7 Å². The van der Waals surface area contributed by atoms with Crippen LogP contribution >= 0.6 is 11.3 Å². The topological polar surface area (TPSA) is 112 Å². The van der Waals surface area contributed by atoms with Gasteiger partial charge < -0.3 is 15.4 Å². The zero-order chi connectivity index (χ0) is 17.4. The van der Waals surface area contributed by atoms with E-state index in [9.17, 15) is 14.4 Å². The van der Waals surface area contributed by atoms with Crippen LogP contribution in [0.5, 0.6) is 0 Å². The largest absolute Gasteiger partial charge is 0.478 e. The molecule has 8 heteroatoms. The van der Waals surface area contributed by atoms with Gasteiger partial charge in [-0.3, -0.25) is 9.59 Å². The van der Waals surface area contributed by atoms with Gasteiger partial charge in [0.05, 0.1) is 15.8 Å². The lowest BCUT2D eigenvalue weighted by atomic mass is 10.2. The number of nitrogens with zero attached hydrogens (tertiary/aromatic N) is 1. The fraction of sp³-hybridized carbons (Fsp3) is 0.125. The van der Waals surface area contributed by atoms with Gasteiger partial charge in [-0.2, -0.15) is 0 Å². The molecule has 1 aromatic carbocycles. The average molecular weight is 343 g/mol. The Labute approximate surface area is 140 Å². The first kappa shape index (κ1) is 15.9. The van der Waals surface area contributed by atoms with Crippen LogP contribution in [0.25, 0.3) is 10.2 Å². The third-order valence-electron chi connectivity index (χ3n) is 3.49. The Morgan fingerprint density at radius 1 is 1.29 bits per heavy atom. The summed E-state index contributed by atoms with van der Waals surface area (Å²) < 4.78 is 0. The number of nitrogens with one attached hydrogen (secondary N) is 2. The molecule has 0 atom stereocenters. The van der Waals surface area contributed by atoms with Crippen molar-refractivity contribution in [3.05, 3.63) is 56.4 Å². The normalized spacial score (nSPS) is 10.8. The summed E-state index contributed by atoms with van der Waals surface area (Å²) in [5.41, 5.74) is 0.721. The average Bonchev–Trinajstić information content (AvgIpc) is 2.84. The Kier molecular flexibility index (Phi) is 3.90. The van der Waals surface area contributed by atoms with E-state index < -0.39 is 11.9 Å². The number of anilines is 1. The van der Waals surface area contributed by atoms with Crippen LogP contribution in [-0.4, -0.2) is 27.0 Å². The number of benzene rings is 1. The van der Waals surface area contributed by atoms with Gasteiger partial charge in [0.25, 0.3) is 11.5 Å². The molecule has 3 aromatic rings. The molecule has 0 aliphatic heterocycles. The van der Waals surface area contributed by atoms with Crippen molar-refractivity contribution in [1.82, 2.24) is 9.97 Å². The molecule has 3 N–H and O–H groups in total. The Hall–Kier alpha value is -3.00. The molecule has 1 amide bonds. The molecular weight excluding hydrogens is 330 g/mol. The molecule has 0 fully saturated rings. The zero-order valence-electron chi connectivity index (χ0n) is 12.8. The number of H-pyrrole nitrogens is 1. The maximum absolute atomic E-state index is 12.5. The van der Waals surface area contributed by atoms with Crippen molar-refractivity contribution >= 4 is 39.1 Å². The van der Waals surface area contributed by atoms with Crippen LogP contribution in [-0.2, 0) is 0 Å². The number of carbonyl (C=O) groups is 2. The lowest BCUT2D eigenvalue weighted by Gasteiger charge is -2.05. The molecule has 0 spiro atoms. The number of aromatic amines is 1. The van der Waals surface area contributed by atoms with Crippen molar-refractivity contribution in [1.29, 1.82) is 0 Å². The van der Waals surface area contributed by atoms with E-state index in [1.807, 2.05) is 0 Å². The van der Waals surface area contributed by atoms with Gasteiger partial charge in [0.1, 0.15) is 10.7 Å². The molecule has 122 valence electrons. The van der Waals surface area contributed by atoms with Crippen LogP contribution in [0.15, 0.2) is 29.1 Å². The van der Waals surface area contributed by atoms with E-state index >= 15 is 0 Å². The van der Waals surface area contributed by atoms with E-state index in [1.54, 1.807) is 26.0 Å². The summed E-state index contributed by atoms with van der Waals surface area (Å²) in [5, 5.41) is 12.1. The molecule has 3 rings (SSSR count). The lowest BCUT2D eigenvalue weighted by Crippen LogP contribution is -2.13. The number of aromatic carboxylic acids is 1. The maximum Gasteiger partial charge on any atom is 0.335 e. The number of rotatable bonds is 3. The molecule has 0 saturated carbocycles. The number of aryl methyl sites for hydroxylation is 2. The standard InChI is InChI=1S/C16H13N3O4S/c1-7-11-13(20)17-8(2)18-15(11)24-12(7)14(21)19-10-5-3-4-9(6-10)16(22)23/h3-6H,1-2H3,(H,19,21)(H,22,23)(H,17,18,20). The monoisotopic (exact) mass is 343 g/mol. The maximum atomic E-state index is 12.5. The second-order valence-electron chi connectivity index (χ2n) is 5.23. The summed E-state index contributed by atoms with van der Waals surface area (Å²) >= 11 is 1.13. The Bertz CT molecular complexity index is 1040. The quantitative estimate of drug-likeness (QED) is 0.676. The highest BCUT2D eigenvalue weighted by Gasteiger charge is 2.19. The molecule has 2 heterocycles. The highest BCUT2D eigenvalue weighted by atomic mass is 32.1. The second-order valence-corrected chi connectivity index (χ2v) is 6.23. The van der Waals surface area contributed by atoms with Gasteiger partial charge in [-0.05, 0) is 37.6 Å². The van der Waals surface area contributed by atoms with Crippen LogP contribution in [0.4, 0.5) is 5.69 Å². The highest BCUT2D eigenvalue weighted by Crippen LogP contribution is 2.27. The summed E-state index contributed by atoms with van der Waals surface area (Å²) in [6.07, 6.45) is 0. The van der Waals surface area contributed by atoms with E-state index in [-0.39, 0.29) is 11.1 Å². The number of hydrogen-bond donors (Lipinski definition) is 3. The van der Waals surface area contributed by atoms with Gasteiger partial charge in [-0.25, -0.2) is 9.78 Å². The fourth-order valence-corrected chi connectivity index (χ4v) is 3.51. The second kappa shape index (κ2) is 5.89. The molecular formula is C16H13N3O4S. The summed E-state index contributed by atoms with van der Waals surface area (Å²) in [5.74, 6) is -1.000. The molecule has 2 aromatic heterocycles. The first-order valence-electron chi connectivity index (χ1n) is 7.01. The number of hydrogen-bond acceptors (Lipinski definition) is 5. The van der Waals surface area contributed by atoms with Gasteiger partial charge in [0, 0.05) is 5.69 Å². The van der Waals surface area contributed by atoms with Crippen molar-refractivity contribution in [2.45, 2.75) is 13.8 Å². The number of fused-ring (bicyclic) bond motifs is 1. The summed E-state index contributed by atoms with van der Waals surface area (Å²) in [4.78, 5) is 43.3. The minimum atomic E-state index is -1.07. The molecule has 7 nitrogen and oxygen atoms in total. The van der Waals surface area contributed by atoms with Crippen LogP contribution in [0.1, 0.15) is 31.4 Å². The summed E-state index contributed by atoms with van der Waals surface area (Å²) in [7, 11) is 0. The zero-order valence-corrected chi connectivity index (χ0v) is 13.7. The third kappa shape index (κ3) is 2.79. The summed E-state index contributed by atoms with van der Waals surface area (Å²) in [6, 6.07) is 5.96. The molecule has 0 aliphatic rings. The van der Waals surface area contributed by atoms with E-state index in [1.165, 1.54) is 12.1 Å². The van der Waals surface area contributed by atoms with Crippen LogP contribution in [0, 0.1) is 13.8 Å². The van der Waals surface area contributed by atoms with Crippen molar-refractivity contribution in [3.8, 4) is 0 Å². The van der Waals surface area contributed by atoms with Gasteiger partial charge in [-0.1, -0.05) is 6.07 Å². The highest BCUT2D eigenvalue weighted by molar-refractivity contribution is 7.20. The van der Waals surface area contributed by atoms with Gasteiger partial charge in [-0.15, -0.1) is 11.3 Å². The first-order chi connectivity index (χ1) is 11.4. The van der Waals surface area contributed by atoms with Gasteiger partial charge in [0.15, 0.2) is 0 Å². The molecule has 0 aliphatic carbocycles. The van der Waals surface area contributed by atoms with Crippen LogP contribution < -0.4 is 10.9 Å². The summed E-state index contributed by atoms with van der Waals surface area (Å²) in [6.45, 7) is 3.36. The van der Waals surface area contributed by atoms with E-state index in [0.29, 0.717) is 32.2 Å². The number of carboxylic acid groups (broad SMARTS) is 1. The van der Waals surface area contributed by atoms with E-state index in [2.05, 4.69) is 15.3 Å². The van der Waals surface area contributed by atoms with E-state index in [0.717, 1.165) is 11.3 Å².